The van der Waals surface area contributed by atoms with Gasteiger partial charge in [-0.15, -0.1) is 10.2 Å². The van der Waals surface area contributed by atoms with E-state index in [0.717, 1.165) is 17.8 Å². The predicted molar refractivity (Wildman–Crippen MR) is 138 cm³/mol. The second kappa shape index (κ2) is 13.7. The molecule has 0 aliphatic heterocycles. The number of hydrogen-bond donors (Lipinski definition) is 1. The van der Waals surface area contributed by atoms with Gasteiger partial charge in [-0.1, -0.05) is 36.5 Å². The number of carbonyl (C=O) groups excluding carboxylic acids is 1. The quantitative estimate of drug-likeness (QED) is 0.197. The molecule has 3 rings (SSSR count). The SMILES string of the molecule is CCCc1nnc(NC(=O)/C(C#N)=C\c2ccc(OCCOc3ccccc3OC)c(OCC)c2)s1. The number of nitrogens with one attached hydrogen (secondary N) is 1. The van der Waals surface area contributed by atoms with Gasteiger partial charge < -0.3 is 18.9 Å². The second-order valence-corrected chi connectivity index (χ2v) is 8.42. The van der Waals surface area contributed by atoms with Crippen LogP contribution >= 0.6 is 11.3 Å². The average molecular weight is 509 g/mol. The van der Waals surface area contributed by atoms with Crippen molar-refractivity contribution in [2.45, 2.75) is 26.7 Å². The van der Waals surface area contributed by atoms with E-state index in [4.69, 9.17) is 18.9 Å². The number of nitriles is 1. The van der Waals surface area contributed by atoms with E-state index >= 15 is 0 Å². The third-order valence-corrected chi connectivity index (χ3v) is 5.66. The van der Waals surface area contributed by atoms with Crippen molar-refractivity contribution < 1.29 is 23.7 Å². The van der Waals surface area contributed by atoms with Crippen molar-refractivity contribution in [3.8, 4) is 29.1 Å². The van der Waals surface area contributed by atoms with Gasteiger partial charge in [0.05, 0.1) is 13.7 Å². The number of amides is 1. The Balaban J connectivity index is 1.65. The number of benzene rings is 2. The highest BCUT2D eigenvalue weighted by atomic mass is 32.1. The molecule has 0 spiro atoms. The van der Waals surface area contributed by atoms with Crippen LogP contribution in [0, 0.1) is 11.3 Å². The molecule has 1 N–H and O–H groups in total. The number of anilines is 1. The van der Waals surface area contributed by atoms with Gasteiger partial charge >= 0.3 is 0 Å². The van der Waals surface area contributed by atoms with E-state index in [1.54, 1.807) is 25.3 Å². The summed E-state index contributed by atoms with van der Waals surface area (Å²) in [5.74, 6) is 1.75. The van der Waals surface area contributed by atoms with Crippen LogP contribution in [0.15, 0.2) is 48.0 Å². The Labute approximate surface area is 214 Å². The first kappa shape index (κ1) is 26.5. The number of methoxy groups -OCH3 is 1. The van der Waals surface area contributed by atoms with Crippen molar-refractivity contribution in [3.63, 3.8) is 0 Å². The molecule has 36 heavy (non-hydrogen) atoms. The van der Waals surface area contributed by atoms with E-state index < -0.39 is 5.91 Å². The molecule has 1 aromatic heterocycles. The highest BCUT2D eigenvalue weighted by Gasteiger charge is 2.14. The summed E-state index contributed by atoms with van der Waals surface area (Å²) in [4.78, 5) is 12.6. The summed E-state index contributed by atoms with van der Waals surface area (Å²) in [6, 6.07) is 14.5. The summed E-state index contributed by atoms with van der Waals surface area (Å²) in [5, 5.41) is 21.4. The van der Waals surface area contributed by atoms with Crippen LogP contribution in [0.4, 0.5) is 5.13 Å². The molecule has 188 valence electrons. The van der Waals surface area contributed by atoms with Crippen LogP contribution in [0.3, 0.4) is 0 Å². The molecule has 2 aromatic carbocycles. The lowest BCUT2D eigenvalue weighted by Crippen LogP contribution is -2.13. The number of aryl methyl sites for hydroxylation is 1. The number of ether oxygens (including phenoxy) is 4. The van der Waals surface area contributed by atoms with Gasteiger partial charge in [-0.25, -0.2) is 0 Å². The van der Waals surface area contributed by atoms with Crippen molar-refractivity contribution in [1.82, 2.24) is 10.2 Å². The molecule has 0 fully saturated rings. The number of para-hydroxylation sites is 2. The van der Waals surface area contributed by atoms with E-state index in [1.807, 2.05) is 44.2 Å². The first-order valence-corrected chi connectivity index (χ1v) is 12.3. The Morgan fingerprint density at radius 3 is 2.42 bits per heavy atom. The molecule has 0 aliphatic rings. The van der Waals surface area contributed by atoms with Gasteiger partial charge in [0.25, 0.3) is 5.91 Å². The van der Waals surface area contributed by atoms with Gasteiger partial charge in [0.1, 0.15) is 29.9 Å². The Hall–Kier alpha value is -4.10. The van der Waals surface area contributed by atoms with Gasteiger partial charge in [-0.2, -0.15) is 5.26 Å². The highest BCUT2D eigenvalue weighted by Crippen LogP contribution is 2.30. The van der Waals surface area contributed by atoms with E-state index in [0.29, 0.717) is 46.9 Å². The summed E-state index contributed by atoms with van der Waals surface area (Å²) in [6.45, 7) is 4.90. The molecule has 3 aromatic rings. The second-order valence-electron chi connectivity index (χ2n) is 7.36. The molecular formula is C26H28N4O5S. The Kier molecular flexibility index (Phi) is 10.1. The third-order valence-electron chi connectivity index (χ3n) is 4.76. The highest BCUT2D eigenvalue weighted by molar-refractivity contribution is 7.15. The summed E-state index contributed by atoms with van der Waals surface area (Å²) >= 11 is 1.30. The lowest BCUT2D eigenvalue weighted by atomic mass is 10.1. The van der Waals surface area contributed by atoms with Gasteiger partial charge in [0.15, 0.2) is 23.0 Å². The zero-order valence-electron chi connectivity index (χ0n) is 20.4. The monoisotopic (exact) mass is 508 g/mol. The maximum atomic E-state index is 12.6. The van der Waals surface area contributed by atoms with Crippen LogP contribution in [0.25, 0.3) is 6.08 Å². The Morgan fingerprint density at radius 1 is 1.03 bits per heavy atom. The molecule has 0 aliphatic carbocycles. The van der Waals surface area contributed by atoms with Crippen molar-refractivity contribution in [2.24, 2.45) is 0 Å². The van der Waals surface area contributed by atoms with Crippen LogP contribution in [0.2, 0.25) is 0 Å². The lowest BCUT2D eigenvalue weighted by Gasteiger charge is -2.14. The standard InChI is InChI=1S/C26H28N4O5S/c1-4-8-24-29-30-26(36-24)28-25(31)19(17-27)15-18-11-12-22(23(16-18)33-5-2)35-14-13-34-21-10-7-6-9-20(21)32-3/h6-7,9-12,15-16H,4-5,8,13-14H2,1-3H3,(H,28,30,31)/b19-15-. The van der Waals surface area contributed by atoms with Crippen molar-refractivity contribution in [2.75, 3.05) is 32.2 Å². The molecular weight excluding hydrogens is 480 g/mol. The molecule has 0 saturated heterocycles. The maximum Gasteiger partial charge on any atom is 0.268 e. The zero-order chi connectivity index (χ0) is 25.8. The van der Waals surface area contributed by atoms with Crippen LogP contribution in [0.5, 0.6) is 23.0 Å². The average Bonchev–Trinajstić information content (AvgIpc) is 3.33. The topological polar surface area (TPSA) is 116 Å². The lowest BCUT2D eigenvalue weighted by molar-refractivity contribution is -0.112. The number of hydrogen-bond acceptors (Lipinski definition) is 9. The third kappa shape index (κ3) is 7.45. The largest absolute Gasteiger partial charge is 0.493 e. The molecule has 0 unspecified atom stereocenters. The van der Waals surface area contributed by atoms with Crippen LogP contribution in [-0.4, -0.2) is 43.0 Å². The minimum absolute atomic E-state index is 0.0661. The molecule has 0 bridgehead atoms. The molecule has 0 saturated carbocycles. The molecule has 0 atom stereocenters. The minimum Gasteiger partial charge on any atom is -0.493 e. The molecule has 0 radical (unpaired) electrons. The number of aromatic nitrogens is 2. The molecule has 9 nitrogen and oxygen atoms in total. The number of rotatable bonds is 13. The fourth-order valence-corrected chi connectivity index (χ4v) is 3.98. The normalized spacial score (nSPS) is 10.9. The summed E-state index contributed by atoms with van der Waals surface area (Å²) in [7, 11) is 1.59. The zero-order valence-corrected chi connectivity index (χ0v) is 21.3. The van der Waals surface area contributed by atoms with Crippen molar-refractivity contribution in [1.29, 1.82) is 5.26 Å². The minimum atomic E-state index is -0.552. The first-order chi connectivity index (χ1) is 17.6. The van der Waals surface area contributed by atoms with Gasteiger partial charge in [-0.05, 0) is 49.2 Å². The van der Waals surface area contributed by atoms with Crippen LogP contribution in [0.1, 0.15) is 30.8 Å². The van der Waals surface area contributed by atoms with Gasteiger partial charge in [0, 0.05) is 6.42 Å². The molecule has 10 heteroatoms. The van der Waals surface area contributed by atoms with E-state index in [2.05, 4.69) is 15.5 Å². The maximum absolute atomic E-state index is 12.6. The van der Waals surface area contributed by atoms with Gasteiger partial charge in [-0.3, -0.25) is 10.1 Å². The Morgan fingerprint density at radius 2 is 1.75 bits per heavy atom. The van der Waals surface area contributed by atoms with Crippen LogP contribution in [-0.2, 0) is 11.2 Å². The Bertz CT molecular complexity index is 1240. The molecule has 1 amide bonds. The smallest absolute Gasteiger partial charge is 0.268 e. The van der Waals surface area contributed by atoms with E-state index in [1.165, 1.54) is 17.4 Å². The predicted octanol–water partition coefficient (Wildman–Crippen LogP) is 4.90. The molecule has 1 heterocycles. The van der Waals surface area contributed by atoms with Crippen molar-refractivity contribution >= 4 is 28.5 Å². The summed E-state index contributed by atoms with van der Waals surface area (Å²) in [5.41, 5.74) is 0.551. The van der Waals surface area contributed by atoms with Gasteiger partial charge in [0.2, 0.25) is 5.13 Å². The fourth-order valence-electron chi connectivity index (χ4n) is 3.14. The number of nitrogens with zero attached hydrogens (tertiary/aromatic N) is 3. The van der Waals surface area contributed by atoms with E-state index in [-0.39, 0.29) is 12.2 Å². The van der Waals surface area contributed by atoms with Crippen LogP contribution < -0.4 is 24.3 Å². The van der Waals surface area contributed by atoms with Crippen molar-refractivity contribution in [3.05, 3.63) is 58.6 Å². The summed E-state index contributed by atoms with van der Waals surface area (Å²) in [6.07, 6.45) is 3.21. The first-order valence-electron chi connectivity index (χ1n) is 11.5. The fraction of sp³-hybridized carbons (Fsp3) is 0.308. The summed E-state index contributed by atoms with van der Waals surface area (Å²) < 4.78 is 22.6. The van der Waals surface area contributed by atoms with E-state index in [9.17, 15) is 10.1 Å². The number of carbonyl (C=O) groups is 1.